The minimum atomic E-state index is -0.311. The summed E-state index contributed by atoms with van der Waals surface area (Å²) < 4.78 is 18.8. The Balaban J connectivity index is 1.29. The first-order valence-corrected chi connectivity index (χ1v) is 10.8. The number of hydrogen-bond donors (Lipinski definition) is 0. The first-order chi connectivity index (χ1) is 14.6. The Bertz CT molecular complexity index is 864. The molecule has 3 heterocycles. The van der Waals surface area contributed by atoms with Crippen LogP contribution in [0.2, 0.25) is 0 Å². The van der Waals surface area contributed by atoms with Crippen LogP contribution in [-0.4, -0.2) is 72.3 Å². The molecule has 0 atom stereocenters. The highest BCUT2D eigenvalue weighted by molar-refractivity contribution is 5.92. The molecule has 2 amide bonds. The van der Waals surface area contributed by atoms with E-state index in [9.17, 15) is 14.0 Å². The van der Waals surface area contributed by atoms with Gasteiger partial charge in [0.15, 0.2) is 5.76 Å². The van der Waals surface area contributed by atoms with Crippen LogP contribution in [0.4, 0.5) is 4.39 Å². The third-order valence-corrected chi connectivity index (χ3v) is 5.92. The molecule has 7 heteroatoms. The average Bonchev–Trinajstić information content (AvgIpc) is 3.09. The molecule has 2 fully saturated rings. The van der Waals surface area contributed by atoms with Gasteiger partial charge in [-0.1, -0.05) is 12.8 Å². The number of piperazine rings is 1. The molecule has 2 saturated heterocycles. The van der Waals surface area contributed by atoms with Crippen molar-refractivity contribution >= 4 is 11.8 Å². The number of rotatable bonds is 4. The summed E-state index contributed by atoms with van der Waals surface area (Å²) in [5.74, 6) is 0.561. The van der Waals surface area contributed by atoms with Crippen LogP contribution in [0.5, 0.6) is 0 Å². The highest BCUT2D eigenvalue weighted by Gasteiger charge is 2.26. The monoisotopic (exact) mass is 413 g/mol. The smallest absolute Gasteiger partial charge is 0.289 e. The number of carbonyl (C=O) groups excluding carboxylic acids is 2. The molecule has 0 spiro atoms. The van der Waals surface area contributed by atoms with Crippen molar-refractivity contribution in [3.05, 3.63) is 48.0 Å². The van der Waals surface area contributed by atoms with Gasteiger partial charge in [-0.15, -0.1) is 0 Å². The summed E-state index contributed by atoms with van der Waals surface area (Å²) in [5.41, 5.74) is 0.729. The van der Waals surface area contributed by atoms with Crippen molar-refractivity contribution in [1.82, 2.24) is 14.7 Å². The zero-order chi connectivity index (χ0) is 20.9. The molecule has 0 saturated carbocycles. The van der Waals surface area contributed by atoms with Gasteiger partial charge in [-0.2, -0.15) is 0 Å². The topological polar surface area (TPSA) is 57.0 Å². The molecule has 30 heavy (non-hydrogen) atoms. The van der Waals surface area contributed by atoms with Crippen molar-refractivity contribution in [2.75, 3.05) is 45.8 Å². The summed E-state index contributed by atoms with van der Waals surface area (Å²) in [7, 11) is 0. The van der Waals surface area contributed by atoms with E-state index in [1.165, 1.54) is 25.0 Å². The van der Waals surface area contributed by atoms with Crippen LogP contribution in [0.25, 0.3) is 11.3 Å². The molecule has 2 aliphatic rings. The normalized spacial score (nSPS) is 18.3. The van der Waals surface area contributed by atoms with Crippen molar-refractivity contribution in [3.8, 4) is 11.3 Å². The molecule has 0 aliphatic carbocycles. The summed E-state index contributed by atoms with van der Waals surface area (Å²) in [6.07, 6.45) is 4.61. The third-order valence-electron chi connectivity index (χ3n) is 5.92. The SMILES string of the molecule is O=C(CN1CCN(C(=O)c2ccc(-c3ccc(F)cc3)o2)CC1)N1CCCCCC1. The van der Waals surface area contributed by atoms with Crippen LogP contribution in [0.3, 0.4) is 0 Å². The molecule has 0 radical (unpaired) electrons. The van der Waals surface area contributed by atoms with Crippen molar-refractivity contribution in [2.45, 2.75) is 25.7 Å². The lowest BCUT2D eigenvalue weighted by Crippen LogP contribution is -2.51. The average molecular weight is 413 g/mol. The molecule has 2 aliphatic heterocycles. The fourth-order valence-corrected chi connectivity index (χ4v) is 4.10. The molecule has 1 aromatic heterocycles. The Morgan fingerprint density at radius 3 is 2.13 bits per heavy atom. The van der Waals surface area contributed by atoms with Crippen LogP contribution in [0.1, 0.15) is 36.2 Å². The second-order valence-electron chi connectivity index (χ2n) is 8.03. The first-order valence-electron chi connectivity index (χ1n) is 10.8. The lowest BCUT2D eigenvalue weighted by molar-refractivity contribution is -0.132. The van der Waals surface area contributed by atoms with E-state index in [1.54, 1.807) is 29.2 Å². The minimum Gasteiger partial charge on any atom is -0.451 e. The highest BCUT2D eigenvalue weighted by atomic mass is 19.1. The molecular formula is C23H28FN3O3. The van der Waals surface area contributed by atoms with Crippen molar-refractivity contribution in [3.63, 3.8) is 0 Å². The number of furan rings is 1. The number of nitrogens with zero attached hydrogens (tertiary/aromatic N) is 3. The zero-order valence-electron chi connectivity index (χ0n) is 17.2. The van der Waals surface area contributed by atoms with E-state index in [4.69, 9.17) is 4.42 Å². The lowest BCUT2D eigenvalue weighted by Gasteiger charge is -2.35. The van der Waals surface area contributed by atoms with Crippen LogP contribution >= 0.6 is 0 Å². The molecule has 160 valence electrons. The summed E-state index contributed by atoms with van der Waals surface area (Å²) >= 11 is 0. The van der Waals surface area contributed by atoms with Gasteiger partial charge in [0.1, 0.15) is 11.6 Å². The standard InChI is InChI=1S/C23H28FN3O3/c24-19-7-5-18(6-8-19)20-9-10-21(30-20)23(29)27-15-13-25(14-16-27)17-22(28)26-11-3-1-2-4-12-26/h5-10H,1-4,11-17H2. The first kappa shape index (κ1) is 20.6. The molecule has 0 bridgehead atoms. The second kappa shape index (κ2) is 9.43. The van der Waals surface area contributed by atoms with E-state index in [0.717, 1.165) is 31.5 Å². The largest absolute Gasteiger partial charge is 0.451 e. The molecule has 0 N–H and O–H groups in total. The fraction of sp³-hybridized carbons (Fsp3) is 0.478. The highest BCUT2D eigenvalue weighted by Crippen LogP contribution is 2.23. The number of halogens is 1. The van der Waals surface area contributed by atoms with Crippen molar-refractivity contribution in [2.24, 2.45) is 0 Å². The molecular weight excluding hydrogens is 385 g/mol. The second-order valence-corrected chi connectivity index (χ2v) is 8.03. The van der Waals surface area contributed by atoms with Crippen LogP contribution < -0.4 is 0 Å². The Hall–Kier alpha value is -2.67. The number of benzene rings is 1. The van der Waals surface area contributed by atoms with Gasteiger partial charge in [0.25, 0.3) is 5.91 Å². The zero-order valence-corrected chi connectivity index (χ0v) is 17.2. The van der Waals surface area contributed by atoms with Gasteiger partial charge in [-0.3, -0.25) is 14.5 Å². The Labute approximate surface area is 176 Å². The summed E-state index contributed by atoms with van der Waals surface area (Å²) in [5, 5.41) is 0. The van der Waals surface area contributed by atoms with E-state index in [1.807, 2.05) is 4.90 Å². The van der Waals surface area contributed by atoms with Gasteiger partial charge in [-0.05, 0) is 49.2 Å². The predicted octanol–water partition coefficient (Wildman–Crippen LogP) is 3.25. The lowest BCUT2D eigenvalue weighted by atomic mass is 10.2. The number of hydrogen-bond acceptors (Lipinski definition) is 4. The maximum absolute atomic E-state index is 13.1. The van der Waals surface area contributed by atoms with Crippen molar-refractivity contribution < 1.29 is 18.4 Å². The van der Waals surface area contributed by atoms with E-state index in [-0.39, 0.29) is 23.4 Å². The van der Waals surface area contributed by atoms with Crippen LogP contribution in [-0.2, 0) is 4.79 Å². The quantitative estimate of drug-likeness (QED) is 0.772. The predicted molar refractivity (Wildman–Crippen MR) is 111 cm³/mol. The Kier molecular flexibility index (Phi) is 6.47. The van der Waals surface area contributed by atoms with Gasteiger partial charge in [0.2, 0.25) is 5.91 Å². The minimum absolute atomic E-state index is 0.151. The van der Waals surface area contributed by atoms with E-state index in [0.29, 0.717) is 38.5 Å². The van der Waals surface area contributed by atoms with E-state index >= 15 is 0 Å². The van der Waals surface area contributed by atoms with Gasteiger partial charge < -0.3 is 14.2 Å². The number of carbonyl (C=O) groups is 2. The van der Waals surface area contributed by atoms with Gasteiger partial charge >= 0.3 is 0 Å². The summed E-state index contributed by atoms with van der Waals surface area (Å²) in [6.45, 7) is 4.65. The number of amides is 2. The van der Waals surface area contributed by atoms with Gasteiger partial charge in [0, 0.05) is 44.8 Å². The molecule has 2 aromatic rings. The number of likely N-dealkylation sites (tertiary alicyclic amines) is 1. The van der Waals surface area contributed by atoms with Gasteiger partial charge in [0.05, 0.1) is 6.54 Å². The maximum Gasteiger partial charge on any atom is 0.289 e. The maximum atomic E-state index is 13.1. The molecule has 1 aromatic carbocycles. The van der Waals surface area contributed by atoms with Crippen LogP contribution in [0, 0.1) is 5.82 Å². The van der Waals surface area contributed by atoms with Gasteiger partial charge in [-0.25, -0.2) is 4.39 Å². The third kappa shape index (κ3) is 4.90. The van der Waals surface area contributed by atoms with Crippen molar-refractivity contribution in [1.29, 1.82) is 0 Å². The van der Waals surface area contributed by atoms with E-state index < -0.39 is 0 Å². The summed E-state index contributed by atoms with van der Waals surface area (Å²) in [6, 6.07) is 9.38. The van der Waals surface area contributed by atoms with E-state index in [2.05, 4.69) is 4.90 Å². The Morgan fingerprint density at radius 2 is 1.47 bits per heavy atom. The Morgan fingerprint density at radius 1 is 0.800 bits per heavy atom. The molecule has 0 unspecified atom stereocenters. The fourth-order valence-electron chi connectivity index (χ4n) is 4.10. The van der Waals surface area contributed by atoms with Crippen LogP contribution in [0.15, 0.2) is 40.8 Å². The summed E-state index contributed by atoms with van der Waals surface area (Å²) in [4.78, 5) is 31.3. The molecule has 4 rings (SSSR count). The molecule has 6 nitrogen and oxygen atoms in total.